The van der Waals surface area contributed by atoms with Crippen molar-refractivity contribution in [1.29, 1.82) is 0 Å². The van der Waals surface area contributed by atoms with E-state index in [2.05, 4.69) is 20.9 Å². The number of fused-ring (bicyclic) bond motifs is 2. The molecule has 1 aromatic carbocycles. The standard InChI is InChI=1S/C28H35N5O5/c1-15(2)30-27(37)24(34)21(13-17-10-11-29-25(17)35)32-26(36)23-19-8-5-7-18(19)14-33(23)28(38)22-12-16-6-3-4-9-20(16)31-22/h3-4,6,9,12,15,17-19,21,23,31H,5,7-8,10-11,13-14H2,1-2H3,(H,29,35)(H,30,37)(H,32,36)/t17-,18-,19-,21-,23-/m0/s1. The molecule has 2 saturated heterocycles. The van der Waals surface area contributed by atoms with Gasteiger partial charge in [-0.25, -0.2) is 0 Å². The molecule has 4 N–H and O–H groups in total. The first kappa shape index (κ1) is 25.9. The molecular weight excluding hydrogens is 486 g/mol. The predicted molar refractivity (Wildman–Crippen MR) is 140 cm³/mol. The second-order valence-corrected chi connectivity index (χ2v) is 11.1. The first-order valence-electron chi connectivity index (χ1n) is 13.5. The fourth-order valence-electron chi connectivity index (χ4n) is 6.33. The maximum atomic E-state index is 13.8. The van der Waals surface area contributed by atoms with Gasteiger partial charge in [-0.3, -0.25) is 24.0 Å². The van der Waals surface area contributed by atoms with E-state index in [1.54, 1.807) is 24.8 Å². The Bertz CT molecular complexity index is 1240. The number of H-pyrrole nitrogens is 1. The van der Waals surface area contributed by atoms with Gasteiger partial charge in [0, 0.05) is 36.0 Å². The number of hydrogen-bond acceptors (Lipinski definition) is 5. The highest BCUT2D eigenvalue weighted by molar-refractivity contribution is 6.38. The van der Waals surface area contributed by atoms with E-state index in [1.807, 2.05) is 24.3 Å². The van der Waals surface area contributed by atoms with Crippen LogP contribution in [0.25, 0.3) is 10.9 Å². The van der Waals surface area contributed by atoms with Crippen LogP contribution in [-0.4, -0.2) is 70.5 Å². The number of nitrogens with one attached hydrogen (secondary N) is 4. The van der Waals surface area contributed by atoms with Crippen LogP contribution in [0.5, 0.6) is 0 Å². The highest BCUT2D eigenvalue weighted by Gasteiger charge is 2.50. The molecule has 202 valence electrons. The summed E-state index contributed by atoms with van der Waals surface area (Å²) in [6.07, 6.45) is 3.31. The molecule has 10 nitrogen and oxygen atoms in total. The summed E-state index contributed by atoms with van der Waals surface area (Å²) in [7, 11) is 0. The van der Waals surface area contributed by atoms with Crippen LogP contribution in [0.15, 0.2) is 30.3 Å². The van der Waals surface area contributed by atoms with Gasteiger partial charge in [-0.1, -0.05) is 24.6 Å². The highest BCUT2D eigenvalue weighted by Crippen LogP contribution is 2.43. The van der Waals surface area contributed by atoms with Crippen LogP contribution < -0.4 is 16.0 Å². The first-order chi connectivity index (χ1) is 18.2. The van der Waals surface area contributed by atoms with Crippen LogP contribution >= 0.6 is 0 Å². The number of likely N-dealkylation sites (tertiary alicyclic amines) is 1. The molecule has 4 amide bonds. The molecule has 1 aliphatic carbocycles. The fraction of sp³-hybridized carbons (Fsp3) is 0.536. The third-order valence-corrected chi connectivity index (χ3v) is 8.14. The Balaban J connectivity index is 1.39. The van der Waals surface area contributed by atoms with Crippen LogP contribution in [0.3, 0.4) is 0 Å². The highest BCUT2D eigenvalue weighted by atomic mass is 16.2. The summed E-state index contributed by atoms with van der Waals surface area (Å²) in [4.78, 5) is 70.3. The van der Waals surface area contributed by atoms with Crippen molar-refractivity contribution >= 4 is 40.3 Å². The lowest BCUT2D eigenvalue weighted by Crippen LogP contribution is -2.55. The minimum atomic E-state index is -1.15. The smallest absolute Gasteiger partial charge is 0.289 e. The number of carbonyl (C=O) groups is 5. The second-order valence-electron chi connectivity index (χ2n) is 11.1. The van der Waals surface area contributed by atoms with E-state index in [-0.39, 0.29) is 36.1 Å². The van der Waals surface area contributed by atoms with Crippen molar-refractivity contribution in [3.8, 4) is 0 Å². The molecule has 10 heteroatoms. The maximum Gasteiger partial charge on any atom is 0.289 e. The molecule has 38 heavy (non-hydrogen) atoms. The zero-order valence-corrected chi connectivity index (χ0v) is 21.8. The monoisotopic (exact) mass is 521 g/mol. The third kappa shape index (κ3) is 5.04. The average Bonchev–Trinajstić information content (AvgIpc) is 3.66. The molecule has 3 fully saturated rings. The van der Waals surface area contributed by atoms with Gasteiger partial charge < -0.3 is 25.8 Å². The van der Waals surface area contributed by atoms with Gasteiger partial charge in [0.05, 0.1) is 6.04 Å². The zero-order chi connectivity index (χ0) is 27.0. The molecule has 5 rings (SSSR count). The Hall–Kier alpha value is -3.69. The number of nitrogens with zero attached hydrogens (tertiary/aromatic N) is 1. The van der Waals surface area contributed by atoms with Crippen molar-refractivity contribution in [2.75, 3.05) is 13.1 Å². The lowest BCUT2D eigenvalue weighted by molar-refractivity contribution is -0.141. The number of aromatic amines is 1. The predicted octanol–water partition coefficient (Wildman–Crippen LogP) is 1.51. The lowest BCUT2D eigenvalue weighted by atomic mass is 9.91. The molecule has 0 bridgehead atoms. The van der Waals surface area contributed by atoms with Gasteiger partial charge in [0.25, 0.3) is 11.8 Å². The molecular formula is C28H35N5O5. The van der Waals surface area contributed by atoms with E-state index in [9.17, 15) is 24.0 Å². The van der Waals surface area contributed by atoms with Gasteiger partial charge in [0.15, 0.2) is 0 Å². The molecule has 3 aliphatic rings. The van der Waals surface area contributed by atoms with Gasteiger partial charge in [0.2, 0.25) is 17.6 Å². The minimum absolute atomic E-state index is 0.0154. The lowest BCUT2D eigenvalue weighted by Gasteiger charge is -2.29. The van der Waals surface area contributed by atoms with Gasteiger partial charge in [0.1, 0.15) is 11.7 Å². The molecule has 3 heterocycles. The summed E-state index contributed by atoms with van der Waals surface area (Å²) in [6, 6.07) is 7.25. The zero-order valence-electron chi connectivity index (χ0n) is 21.8. The van der Waals surface area contributed by atoms with Gasteiger partial charge in [-0.2, -0.15) is 0 Å². The summed E-state index contributed by atoms with van der Waals surface area (Å²) in [5, 5.41) is 9.05. The number of para-hydroxylation sites is 1. The molecule has 0 radical (unpaired) electrons. The summed E-state index contributed by atoms with van der Waals surface area (Å²) in [5.74, 6) is -2.74. The molecule has 2 aromatic rings. The van der Waals surface area contributed by atoms with Gasteiger partial charge in [-0.15, -0.1) is 0 Å². The minimum Gasteiger partial charge on any atom is -0.356 e. The van der Waals surface area contributed by atoms with E-state index in [4.69, 9.17) is 0 Å². The Morgan fingerprint density at radius 3 is 2.58 bits per heavy atom. The summed E-state index contributed by atoms with van der Waals surface area (Å²) < 4.78 is 0. The molecule has 1 saturated carbocycles. The quantitative estimate of drug-likeness (QED) is 0.390. The number of hydrogen-bond donors (Lipinski definition) is 4. The number of amides is 4. The molecule has 1 aromatic heterocycles. The number of Topliss-reactive ketones (excluding diaryl/α,β-unsaturated/α-hetero) is 1. The van der Waals surface area contributed by atoms with Crippen molar-refractivity contribution in [3.05, 3.63) is 36.0 Å². The Morgan fingerprint density at radius 1 is 1.08 bits per heavy atom. The maximum absolute atomic E-state index is 13.8. The topological polar surface area (TPSA) is 140 Å². The normalized spacial score (nSPS) is 25.3. The SMILES string of the molecule is CC(C)NC(=O)C(=O)[C@H](C[C@@H]1CCNC1=O)NC(=O)[C@@H]1[C@H]2CCC[C@H]2CN1C(=O)c1cc2ccccc2[nH]1. The molecule has 0 spiro atoms. The van der Waals surface area contributed by atoms with Crippen molar-refractivity contribution in [2.45, 2.75) is 64.1 Å². The van der Waals surface area contributed by atoms with E-state index >= 15 is 0 Å². The van der Waals surface area contributed by atoms with Crippen molar-refractivity contribution < 1.29 is 24.0 Å². The van der Waals surface area contributed by atoms with Crippen LogP contribution in [0.4, 0.5) is 0 Å². The van der Waals surface area contributed by atoms with Crippen LogP contribution in [0, 0.1) is 17.8 Å². The second kappa shape index (κ2) is 10.6. The van der Waals surface area contributed by atoms with Crippen LogP contribution in [0.2, 0.25) is 0 Å². The van der Waals surface area contributed by atoms with Crippen molar-refractivity contribution in [2.24, 2.45) is 17.8 Å². The third-order valence-electron chi connectivity index (χ3n) is 8.14. The number of ketones is 1. The van der Waals surface area contributed by atoms with E-state index in [0.29, 0.717) is 25.2 Å². The van der Waals surface area contributed by atoms with Crippen molar-refractivity contribution in [3.63, 3.8) is 0 Å². The van der Waals surface area contributed by atoms with E-state index < -0.39 is 35.6 Å². The first-order valence-corrected chi connectivity index (χ1v) is 13.5. The van der Waals surface area contributed by atoms with Crippen molar-refractivity contribution in [1.82, 2.24) is 25.8 Å². The molecule has 5 atom stereocenters. The van der Waals surface area contributed by atoms with E-state index in [0.717, 1.165) is 30.2 Å². The largest absolute Gasteiger partial charge is 0.356 e. The fourth-order valence-corrected chi connectivity index (χ4v) is 6.33. The van der Waals surface area contributed by atoms with E-state index in [1.165, 1.54) is 0 Å². The Labute approximate surface area is 221 Å². The van der Waals surface area contributed by atoms with Crippen LogP contribution in [-0.2, 0) is 19.2 Å². The number of benzene rings is 1. The molecule has 0 unspecified atom stereocenters. The Kier molecular flexibility index (Phi) is 7.23. The average molecular weight is 522 g/mol. The van der Waals surface area contributed by atoms with Gasteiger partial charge >= 0.3 is 0 Å². The summed E-state index contributed by atoms with van der Waals surface area (Å²) >= 11 is 0. The van der Waals surface area contributed by atoms with Gasteiger partial charge in [-0.05, 0) is 63.5 Å². The molecule has 2 aliphatic heterocycles. The van der Waals surface area contributed by atoms with Crippen LogP contribution in [0.1, 0.15) is 56.4 Å². The summed E-state index contributed by atoms with van der Waals surface area (Å²) in [6.45, 7) is 4.45. The number of rotatable bonds is 8. The number of carbonyl (C=O) groups excluding carboxylic acids is 5. The number of aromatic nitrogens is 1. The summed E-state index contributed by atoms with van der Waals surface area (Å²) in [5.41, 5.74) is 1.25. The Morgan fingerprint density at radius 2 is 1.87 bits per heavy atom.